The Bertz CT molecular complexity index is 285. The molecule has 0 aliphatic heterocycles. The largest absolute Gasteiger partial charge is 0.307 e. The van der Waals surface area contributed by atoms with Gasteiger partial charge in [0.1, 0.15) is 0 Å². The van der Waals surface area contributed by atoms with E-state index < -0.39 is 0 Å². The van der Waals surface area contributed by atoms with Crippen molar-refractivity contribution in [1.82, 2.24) is 15.5 Å². The van der Waals surface area contributed by atoms with Crippen LogP contribution in [0.2, 0.25) is 0 Å². The molecule has 15 heavy (non-hydrogen) atoms. The van der Waals surface area contributed by atoms with E-state index in [0.29, 0.717) is 12.1 Å². The van der Waals surface area contributed by atoms with E-state index in [9.17, 15) is 0 Å². The van der Waals surface area contributed by atoms with Crippen molar-refractivity contribution >= 4 is 11.8 Å². The molecule has 2 unspecified atom stereocenters. The van der Waals surface area contributed by atoms with Gasteiger partial charge in [-0.15, -0.1) is 0 Å². The molecule has 1 heterocycles. The normalized spacial score (nSPS) is 15.2. The summed E-state index contributed by atoms with van der Waals surface area (Å²) in [6.45, 7) is 6.49. The summed E-state index contributed by atoms with van der Waals surface area (Å²) in [6.07, 6.45) is 5.24. The number of H-pyrrole nitrogens is 1. The quantitative estimate of drug-likeness (QED) is 0.784. The molecule has 0 amide bonds. The summed E-state index contributed by atoms with van der Waals surface area (Å²) in [6, 6.07) is 0.963. The van der Waals surface area contributed by atoms with E-state index in [1.807, 2.05) is 18.0 Å². The molecule has 0 spiro atoms. The lowest BCUT2D eigenvalue weighted by Gasteiger charge is -2.21. The molecular weight excluding hydrogens is 206 g/mol. The van der Waals surface area contributed by atoms with Crippen molar-refractivity contribution in [2.75, 3.05) is 12.0 Å². The first-order valence-corrected chi connectivity index (χ1v) is 6.83. The minimum absolute atomic E-state index is 0.376. The molecule has 0 bridgehead atoms. The van der Waals surface area contributed by atoms with Crippen molar-refractivity contribution in [2.24, 2.45) is 0 Å². The van der Waals surface area contributed by atoms with Crippen molar-refractivity contribution < 1.29 is 0 Å². The molecule has 3 nitrogen and oxygen atoms in total. The molecule has 0 radical (unpaired) electrons. The van der Waals surface area contributed by atoms with Gasteiger partial charge in [-0.1, -0.05) is 6.92 Å². The van der Waals surface area contributed by atoms with Crippen LogP contribution in [0.15, 0.2) is 6.20 Å². The van der Waals surface area contributed by atoms with Gasteiger partial charge in [0.15, 0.2) is 0 Å². The molecule has 86 valence electrons. The Labute approximate surface area is 96.4 Å². The van der Waals surface area contributed by atoms with E-state index in [1.165, 1.54) is 12.0 Å². The summed E-state index contributed by atoms with van der Waals surface area (Å²) in [4.78, 5) is 0. The second-order valence-corrected chi connectivity index (χ2v) is 4.81. The van der Waals surface area contributed by atoms with Gasteiger partial charge in [-0.3, -0.25) is 5.10 Å². The van der Waals surface area contributed by atoms with E-state index in [0.717, 1.165) is 11.4 Å². The monoisotopic (exact) mass is 227 g/mol. The molecule has 2 atom stereocenters. The highest BCUT2D eigenvalue weighted by Gasteiger charge is 2.13. The Hall–Kier alpha value is -0.480. The zero-order chi connectivity index (χ0) is 11.3. The maximum absolute atomic E-state index is 4.05. The van der Waals surface area contributed by atoms with Gasteiger partial charge in [-0.25, -0.2) is 0 Å². The van der Waals surface area contributed by atoms with Gasteiger partial charge >= 0.3 is 0 Å². The third-order valence-corrected chi connectivity index (χ3v) is 3.42. The molecule has 0 aliphatic carbocycles. The van der Waals surface area contributed by atoms with E-state index in [4.69, 9.17) is 0 Å². The average Bonchev–Trinajstić information content (AvgIpc) is 2.63. The lowest BCUT2D eigenvalue weighted by molar-refractivity contribution is 0.474. The number of aromatic amines is 1. The predicted molar refractivity (Wildman–Crippen MR) is 67.3 cm³/mol. The van der Waals surface area contributed by atoms with Gasteiger partial charge < -0.3 is 5.32 Å². The molecule has 0 fully saturated rings. The van der Waals surface area contributed by atoms with Gasteiger partial charge in [0.2, 0.25) is 0 Å². The van der Waals surface area contributed by atoms with Crippen molar-refractivity contribution in [3.63, 3.8) is 0 Å². The van der Waals surface area contributed by atoms with Crippen LogP contribution in [-0.4, -0.2) is 28.2 Å². The van der Waals surface area contributed by atoms with Crippen LogP contribution < -0.4 is 5.32 Å². The predicted octanol–water partition coefficient (Wildman–Crippen LogP) is 2.51. The Morgan fingerprint density at radius 3 is 2.80 bits per heavy atom. The summed E-state index contributed by atoms with van der Waals surface area (Å²) in [5.41, 5.74) is 2.43. The molecule has 0 saturated heterocycles. The van der Waals surface area contributed by atoms with E-state index in [1.54, 1.807) is 0 Å². The zero-order valence-electron chi connectivity index (χ0n) is 10.0. The fourth-order valence-corrected chi connectivity index (χ4v) is 2.46. The third-order valence-electron chi connectivity index (χ3n) is 2.68. The molecule has 0 saturated carbocycles. The van der Waals surface area contributed by atoms with Crippen LogP contribution >= 0.6 is 11.8 Å². The molecule has 4 heteroatoms. The van der Waals surface area contributed by atoms with Gasteiger partial charge in [0.25, 0.3) is 0 Å². The smallest absolute Gasteiger partial charge is 0.0537 e. The van der Waals surface area contributed by atoms with Crippen LogP contribution in [0.1, 0.15) is 37.6 Å². The first kappa shape index (κ1) is 12.6. The molecular formula is C11H21N3S. The third kappa shape index (κ3) is 3.54. The lowest BCUT2D eigenvalue weighted by atomic mass is 10.1. The minimum Gasteiger partial charge on any atom is -0.307 e. The number of aryl methyl sites for hydroxylation is 1. The number of hydrogen-bond acceptors (Lipinski definition) is 3. The van der Waals surface area contributed by atoms with Gasteiger partial charge in [0, 0.05) is 29.1 Å². The second kappa shape index (κ2) is 6.18. The number of nitrogens with one attached hydrogen (secondary N) is 2. The number of aromatic nitrogens is 2. The minimum atomic E-state index is 0.376. The average molecular weight is 227 g/mol. The Morgan fingerprint density at radius 2 is 2.33 bits per heavy atom. The van der Waals surface area contributed by atoms with Crippen molar-refractivity contribution in [3.05, 3.63) is 17.5 Å². The van der Waals surface area contributed by atoms with Crippen molar-refractivity contribution in [2.45, 2.75) is 39.3 Å². The highest BCUT2D eigenvalue weighted by atomic mass is 32.2. The molecule has 0 aromatic carbocycles. The standard InChI is InChI=1S/C11H21N3S/c1-5-10(7-15-4)13-8(2)11-6-12-14-9(11)3/h6,8,10,13H,5,7H2,1-4H3,(H,12,14). The fraction of sp³-hybridized carbons (Fsp3) is 0.727. The first-order valence-electron chi connectivity index (χ1n) is 5.43. The van der Waals surface area contributed by atoms with Crippen LogP contribution in [0.25, 0.3) is 0 Å². The fourth-order valence-electron chi connectivity index (χ4n) is 1.72. The second-order valence-electron chi connectivity index (χ2n) is 3.90. The number of thioether (sulfide) groups is 1. The van der Waals surface area contributed by atoms with E-state index in [-0.39, 0.29) is 0 Å². The zero-order valence-corrected chi connectivity index (χ0v) is 10.8. The van der Waals surface area contributed by atoms with Crippen LogP contribution in [-0.2, 0) is 0 Å². The van der Waals surface area contributed by atoms with E-state index >= 15 is 0 Å². The van der Waals surface area contributed by atoms with Crippen LogP contribution in [0.5, 0.6) is 0 Å². The number of nitrogens with zero attached hydrogens (tertiary/aromatic N) is 1. The maximum Gasteiger partial charge on any atom is 0.0537 e. The topological polar surface area (TPSA) is 40.7 Å². The van der Waals surface area contributed by atoms with Crippen LogP contribution in [0.4, 0.5) is 0 Å². The summed E-state index contributed by atoms with van der Waals surface area (Å²) in [7, 11) is 0. The van der Waals surface area contributed by atoms with E-state index in [2.05, 4.69) is 42.5 Å². The molecule has 2 N–H and O–H groups in total. The molecule has 1 rings (SSSR count). The van der Waals surface area contributed by atoms with Gasteiger partial charge in [0.05, 0.1) is 6.20 Å². The van der Waals surface area contributed by atoms with Gasteiger partial charge in [-0.2, -0.15) is 16.9 Å². The maximum atomic E-state index is 4.05. The van der Waals surface area contributed by atoms with Crippen LogP contribution in [0.3, 0.4) is 0 Å². The summed E-state index contributed by atoms with van der Waals surface area (Å²) in [5.74, 6) is 1.16. The number of hydrogen-bond donors (Lipinski definition) is 2. The Morgan fingerprint density at radius 1 is 1.60 bits per heavy atom. The molecule has 1 aromatic rings. The Kier molecular flexibility index (Phi) is 5.19. The van der Waals surface area contributed by atoms with Crippen LogP contribution in [0, 0.1) is 6.92 Å². The molecule has 0 aliphatic rings. The lowest BCUT2D eigenvalue weighted by Crippen LogP contribution is -2.33. The summed E-state index contributed by atoms with van der Waals surface area (Å²) < 4.78 is 0. The molecule has 1 aromatic heterocycles. The van der Waals surface area contributed by atoms with Gasteiger partial charge in [-0.05, 0) is 26.5 Å². The van der Waals surface area contributed by atoms with Crippen molar-refractivity contribution in [1.29, 1.82) is 0 Å². The SMILES string of the molecule is CCC(CSC)NC(C)c1cn[nH]c1C. The highest BCUT2D eigenvalue weighted by molar-refractivity contribution is 7.98. The summed E-state index contributed by atoms with van der Waals surface area (Å²) in [5, 5.41) is 10.7. The first-order chi connectivity index (χ1) is 7.19. The Balaban J connectivity index is 2.54. The summed E-state index contributed by atoms with van der Waals surface area (Å²) >= 11 is 1.89. The van der Waals surface area contributed by atoms with Crippen molar-refractivity contribution in [3.8, 4) is 0 Å². The highest BCUT2D eigenvalue weighted by Crippen LogP contribution is 2.16. The number of rotatable bonds is 6.